The van der Waals surface area contributed by atoms with E-state index >= 15 is 0 Å². The Morgan fingerprint density at radius 1 is 0.150 bits per heavy atom. The van der Waals surface area contributed by atoms with E-state index in [0.29, 0.717) is 0 Å². The number of hydrogen-bond donors (Lipinski definition) is 0. The summed E-state index contributed by atoms with van der Waals surface area (Å²) in [6.07, 6.45) is 10.8. The zero-order valence-electron chi connectivity index (χ0n) is 54.0. The number of fused-ring (bicyclic) bond motifs is 4. The van der Waals surface area contributed by atoms with Crippen molar-refractivity contribution < 1.29 is 0 Å². The Balaban J connectivity index is 0.000000150. The second-order valence-electron chi connectivity index (χ2n) is 24.5. The van der Waals surface area contributed by atoms with Gasteiger partial charge >= 0.3 is 0 Å². The van der Waals surface area contributed by atoms with Crippen molar-refractivity contribution in [2.24, 2.45) is 0 Å². The van der Waals surface area contributed by atoms with Crippen molar-refractivity contribution in [2.75, 3.05) is 0 Å². The first-order chi connectivity index (χ1) is 49.5. The topological polar surface area (TPSA) is 129 Å². The number of rotatable bonds is 12. The van der Waals surface area contributed by atoms with Crippen molar-refractivity contribution in [1.29, 1.82) is 0 Å². The van der Waals surface area contributed by atoms with E-state index in [4.69, 9.17) is 29.9 Å². The van der Waals surface area contributed by atoms with Gasteiger partial charge in [-0.1, -0.05) is 164 Å². The van der Waals surface area contributed by atoms with Crippen molar-refractivity contribution in [1.82, 2.24) is 49.8 Å². The molecule has 0 fully saturated rings. The predicted octanol–water partition coefficient (Wildman–Crippen LogP) is 21.9. The quantitative estimate of drug-likeness (QED) is 0.117. The highest BCUT2D eigenvalue weighted by Gasteiger charge is 2.16. The van der Waals surface area contributed by atoms with Crippen molar-refractivity contribution in [3.05, 3.63) is 353 Å². The molecule has 0 radical (unpaired) electrons. The summed E-state index contributed by atoms with van der Waals surface area (Å²) in [4.78, 5) is 47.6. The Labute approximate surface area is 577 Å². The number of benzene rings is 8. The first-order valence-corrected chi connectivity index (χ1v) is 33.1. The second-order valence-corrected chi connectivity index (χ2v) is 24.5. The van der Waals surface area contributed by atoms with E-state index in [2.05, 4.69) is 238 Å². The maximum Gasteiger partial charge on any atom is 0.0900 e. The molecule has 0 aliphatic heterocycles. The summed E-state index contributed by atoms with van der Waals surface area (Å²) >= 11 is 0. The van der Waals surface area contributed by atoms with E-state index in [-0.39, 0.29) is 0 Å². The molecule has 0 saturated carbocycles. The van der Waals surface area contributed by atoms with Gasteiger partial charge in [-0.15, -0.1) is 0 Å². The fraction of sp³-hybridized carbons (Fsp3) is 0. The standard InChI is InChI=1S/2C45H29N5/c1-2-7-30(8-3-1)40-19-15-35-24-32(13-17-42(35)48-40)33-14-18-43-36(25-33)16-20-41(49-43)34-10-4-9-31(23-34)39-26-44(37-11-5-21-46-28-37)50-45(27-39)38-12-6-22-47-29-38;1-2-8-31(9-3-1)38-22-18-35-26-33(16-20-40(35)48-38)34-17-21-41-36(27-34)19-23-39(49-41)32-14-12-30(13-15-32)37-28-44(42-10-4-6-24-46-42)50-45(29-37)43-11-5-7-25-47-43/h2*1-29H. The van der Waals surface area contributed by atoms with Crippen molar-refractivity contribution in [2.45, 2.75) is 0 Å². The zero-order valence-corrected chi connectivity index (χ0v) is 54.0. The molecule has 10 aromatic heterocycles. The van der Waals surface area contributed by atoms with Crippen LogP contribution in [0.4, 0.5) is 0 Å². The Morgan fingerprint density at radius 3 is 0.890 bits per heavy atom. The van der Waals surface area contributed by atoms with Gasteiger partial charge in [0.05, 0.1) is 79.0 Å². The Hall–Kier alpha value is -13.7. The van der Waals surface area contributed by atoms with Crippen LogP contribution in [-0.4, -0.2) is 49.8 Å². The van der Waals surface area contributed by atoms with Crippen LogP contribution in [0.3, 0.4) is 0 Å². The molecule has 0 bridgehead atoms. The Bertz CT molecular complexity index is 5890. The first kappa shape index (κ1) is 60.0. The summed E-state index contributed by atoms with van der Waals surface area (Å²) in [5, 5.41) is 4.43. The smallest absolute Gasteiger partial charge is 0.0900 e. The van der Waals surface area contributed by atoms with Crippen LogP contribution in [0.5, 0.6) is 0 Å². The van der Waals surface area contributed by atoms with Gasteiger partial charge in [0, 0.05) is 92.1 Å². The fourth-order valence-corrected chi connectivity index (χ4v) is 12.8. The molecule has 0 atom stereocenters. The van der Waals surface area contributed by atoms with E-state index in [0.717, 1.165) is 178 Å². The van der Waals surface area contributed by atoms with Crippen LogP contribution in [0, 0.1) is 0 Å². The number of hydrogen-bond acceptors (Lipinski definition) is 10. The molecule has 10 heteroatoms. The average Bonchev–Trinajstić information content (AvgIpc) is 0.804. The largest absolute Gasteiger partial charge is 0.264 e. The highest BCUT2D eigenvalue weighted by atomic mass is 14.8. The van der Waals surface area contributed by atoms with Crippen LogP contribution >= 0.6 is 0 Å². The minimum atomic E-state index is 0.806. The highest BCUT2D eigenvalue weighted by Crippen LogP contribution is 2.37. The summed E-state index contributed by atoms with van der Waals surface area (Å²) < 4.78 is 0. The monoisotopic (exact) mass is 1280 g/mol. The van der Waals surface area contributed by atoms with Gasteiger partial charge in [-0.05, 0) is 196 Å². The molecule has 8 aromatic carbocycles. The van der Waals surface area contributed by atoms with Crippen LogP contribution in [-0.2, 0) is 0 Å². The molecule has 18 aromatic rings. The van der Waals surface area contributed by atoms with E-state index in [1.54, 1.807) is 24.8 Å². The van der Waals surface area contributed by atoms with Gasteiger partial charge in [0.15, 0.2) is 0 Å². The van der Waals surface area contributed by atoms with Gasteiger partial charge in [-0.3, -0.25) is 19.9 Å². The molecule has 0 unspecified atom stereocenters. The highest BCUT2D eigenvalue weighted by molar-refractivity contribution is 5.93. The van der Waals surface area contributed by atoms with Crippen LogP contribution < -0.4 is 0 Å². The maximum atomic E-state index is 5.09. The van der Waals surface area contributed by atoms with Gasteiger partial charge in [0.2, 0.25) is 0 Å². The Morgan fingerprint density at radius 2 is 0.480 bits per heavy atom. The third kappa shape index (κ3) is 12.7. The first-order valence-electron chi connectivity index (χ1n) is 33.1. The van der Waals surface area contributed by atoms with Crippen LogP contribution in [0.15, 0.2) is 353 Å². The van der Waals surface area contributed by atoms with Gasteiger partial charge in [0.1, 0.15) is 0 Å². The minimum absolute atomic E-state index is 0.806. The molecule has 10 heterocycles. The fourth-order valence-electron chi connectivity index (χ4n) is 12.8. The molecule has 0 aliphatic carbocycles. The molecule has 468 valence electrons. The van der Waals surface area contributed by atoms with Crippen molar-refractivity contribution in [3.63, 3.8) is 0 Å². The summed E-state index contributed by atoms with van der Waals surface area (Å²) in [6, 6.07) is 109. The normalized spacial score (nSPS) is 11.2. The molecule has 0 amide bonds. The minimum Gasteiger partial charge on any atom is -0.264 e. The predicted molar refractivity (Wildman–Crippen MR) is 406 cm³/mol. The summed E-state index contributed by atoms with van der Waals surface area (Å²) in [5.41, 5.74) is 27.8. The van der Waals surface area contributed by atoms with Crippen LogP contribution in [0.1, 0.15) is 0 Å². The van der Waals surface area contributed by atoms with Crippen molar-refractivity contribution in [3.8, 4) is 135 Å². The second kappa shape index (κ2) is 26.8. The van der Waals surface area contributed by atoms with Gasteiger partial charge in [-0.25, -0.2) is 29.9 Å². The van der Waals surface area contributed by atoms with Gasteiger partial charge < -0.3 is 0 Å². The average molecular weight is 1280 g/mol. The van der Waals surface area contributed by atoms with Gasteiger partial charge in [0.25, 0.3) is 0 Å². The third-order valence-corrected chi connectivity index (χ3v) is 18.0. The molecule has 0 saturated heterocycles. The molecule has 10 nitrogen and oxygen atoms in total. The van der Waals surface area contributed by atoms with Gasteiger partial charge in [-0.2, -0.15) is 0 Å². The molecular formula is C90H58N10. The van der Waals surface area contributed by atoms with E-state index in [1.165, 1.54) is 0 Å². The van der Waals surface area contributed by atoms with E-state index < -0.39 is 0 Å². The van der Waals surface area contributed by atoms with E-state index in [1.807, 2.05) is 109 Å². The van der Waals surface area contributed by atoms with Crippen molar-refractivity contribution >= 4 is 43.6 Å². The lowest BCUT2D eigenvalue weighted by molar-refractivity contribution is 1.22. The lowest BCUT2D eigenvalue weighted by Gasteiger charge is -2.11. The zero-order chi connectivity index (χ0) is 66.6. The maximum absolute atomic E-state index is 5.09. The molecule has 0 aliphatic rings. The summed E-state index contributed by atoms with van der Waals surface area (Å²) in [5.74, 6) is 0. The summed E-state index contributed by atoms with van der Waals surface area (Å²) in [6.45, 7) is 0. The molecular weight excluding hydrogens is 1220 g/mol. The molecule has 18 rings (SSSR count). The number of nitrogens with zero attached hydrogens (tertiary/aromatic N) is 10. The SMILES string of the molecule is c1ccc(-c2ccc3cc(-c4ccc5nc(-c6ccc(-c7cc(-c8ccccn8)nc(-c8ccccn8)c7)cc6)ccc5c4)ccc3n2)cc1.c1ccc(-c2ccc3cc(-c4ccc5nc(-c6cccc(-c7cc(-c8cccnc8)nc(-c8cccnc8)c7)c6)ccc5c4)ccc3n2)cc1. The Kier molecular flexibility index (Phi) is 16.1. The van der Waals surface area contributed by atoms with Crippen LogP contribution in [0.2, 0.25) is 0 Å². The van der Waals surface area contributed by atoms with Crippen LogP contribution in [0.25, 0.3) is 178 Å². The molecule has 0 spiro atoms. The number of pyridine rings is 10. The lowest BCUT2D eigenvalue weighted by Crippen LogP contribution is -1.94. The summed E-state index contributed by atoms with van der Waals surface area (Å²) in [7, 11) is 0. The molecule has 100 heavy (non-hydrogen) atoms. The lowest BCUT2D eigenvalue weighted by atomic mass is 9.98. The van der Waals surface area contributed by atoms with E-state index in [9.17, 15) is 0 Å². The molecule has 0 N–H and O–H groups in total. The number of aromatic nitrogens is 10. The third-order valence-electron chi connectivity index (χ3n) is 18.0.